The first-order valence-electron chi connectivity index (χ1n) is 10.5. The second-order valence-corrected chi connectivity index (χ2v) is 7.39. The molecule has 0 saturated carbocycles. The molecule has 1 amide bonds. The Labute approximate surface area is 187 Å². The van der Waals surface area contributed by atoms with E-state index in [1.165, 1.54) is 0 Å². The molecule has 3 aromatic carbocycles. The first-order chi connectivity index (χ1) is 15.6. The Bertz CT molecular complexity index is 1110. The zero-order valence-electron chi connectivity index (χ0n) is 18.6. The lowest BCUT2D eigenvalue weighted by Crippen LogP contribution is -2.42. The molecule has 168 valence electrons. The fourth-order valence-electron chi connectivity index (χ4n) is 3.86. The van der Waals surface area contributed by atoms with E-state index in [1.54, 1.807) is 26.2 Å². The summed E-state index contributed by atoms with van der Waals surface area (Å²) in [6, 6.07) is 15.8. The van der Waals surface area contributed by atoms with Crippen molar-refractivity contribution in [3.63, 3.8) is 0 Å². The molecule has 0 N–H and O–H groups in total. The Morgan fingerprint density at radius 2 is 1.59 bits per heavy atom. The number of nitrogens with zero attached hydrogens (tertiary/aromatic N) is 1. The summed E-state index contributed by atoms with van der Waals surface area (Å²) in [5.74, 6) is 2.43. The van der Waals surface area contributed by atoms with Crippen LogP contribution in [0.4, 0.5) is 0 Å². The van der Waals surface area contributed by atoms with E-state index in [2.05, 4.69) is 6.07 Å². The number of hydrogen-bond acceptors (Lipinski definition) is 6. The maximum Gasteiger partial charge on any atom is 0.260 e. The summed E-state index contributed by atoms with van der Waals surface area (Å²) < 4.78 is 27.6. The van der Waals surface area contributed by atoms with Gasteiger partial charge in [-0.2, -0.15) is 0 Å². The summed E-state index contributed by atoms with van der Waals surface area (Å²) in [7, 11) is 4.81. The van der Waals surface area contributed by atoms with Gasteiger partial charge in [-0.05, 0) is 46.7 Å². The van der Waals surface area contributed by atoms with Gasteiger partial charge in [-0.3, -0.25) is 4.79 Å². The van der Waals surface area contributed by atoms with Gasteiger partial charge in [0, 0.05) is 18.7 Å². The van der Waals surface area contributed by atoms with E-state index in [0.29, 0.717) is 49.3 Å². The SMILES string of the molecule is COc1ccc(-c2ccc3cc(OCC(=O)N4CCOCC4)ccc3c2)c(OC)c1OC. The minimum Gasteiger partial charge on any atom is -0.493 e. The first kappa shape index (κ1) is 21.8. The normalized spacial score (nSPS) is 13.7. The molecule has 0 aliphatic carbocycles. The van der Waals surface area contributed by atoms with Crippen molar-refractivity contribution in [2.45, 2.75) is 0 Å². The highest BCUT2D eigenvalue weighted by atomic mass is 16.5. The van der Waals surface area contributed by atoms with Crippen molar-refractivity contribution in [2.24, 2.45) is 0 Å². The van der Waals surface area contributed by atoms with Gasteiger partial charge in [-0.25, -0.2) is 0 Å². The van der Waals surface area contributed by atoms with Crippen molar-refractivity contribution in [3.05, 3.63) is 48.5 Å². The number of carbonyl (C=O) groups excluding carboxylic acids is 1. The fourth-order valence-corrected chi connectivity index (χ4v) is 3.86. The third-order valence-corrected chi connectivity index (χ3v) is 5.55. The molecule has 7 heteroatoms. The van der Waals surface area contributed by atoms with E-state index in [-0.39, 0.29) is 12.5 Å². The minimum absolute atomic E-state index is 0.0203. The van der Waals surface area contributed by atoms with Crippen molar-refractivity contribution in [3.8, 4) is 34.1 Å². The molecule has 0 bridgehead atoms. The Balaban J connectivity index is 1.55. The molecule has 1 heterocycles. The van der Waals surface area contributed by atoms with Crippen LogP contribution in [-0.4, -0.2) is 65.0 Å². The number of amides is 1. The van der Waals surface area contributed by atoms with Crippen LogP contribution in [0.25, 0.3) is 21.9 Å². The lowest BCUT2D eigenvalue weighted by Gasteiger charge is -2.26. The smallest absolute Gasteiger partial charge is 0.260 e. The molecule has 1 aliphatic heterocycles. The van der Waals surface area contributed by atoms with Gasteiger partial charge in [0.1, 0.15) is 5.75 Å². The number of benzene rings is 3. The van der Waals surface area contributed by atoms with Gasteiger partial charge in [0.05, 0.1) is 34.5 Å². The van der Waals surface area contributed by atoms with E-state index in [4.69, 9.17) is 23.7 Å². The molecule has 0 aromatic heterocycles. The van der Waals surface area contributed by atoms with Crippen LogP contribution in [0.3, 0.4) is 0 Å². The molecule has 0 spiro atoms. The van der Waals surface area contributed by atoms with E-state index in [9.17, 15) is 4.79 Å². The van der Waals surface area contributed by atoms with Crippen molar-refractivity contribution in [1.82, 2.24) is 4.90 Å². The molecule has 4 rings (SSSR count). The second kappa shape index (κ2) is 9.78. The van der Waals surface area contributed by atoms with Crippen LogP contribution >= 0.6 is 0 Å². The summed E-state index contributed by atoms with van der Waals surface area (Å²) in [4.78, 5) is 14.1. The number of fused-ring (bicyclic) bond motifs is 1. The molecule has 7 nitrogen and oxygen atoms in total. The van der Waals surface area contributed by atoms with Gasteiger partial charge in [-0.15, -0.1) is 0 Å². The van der Waals surface area contributed by atoms with Gasteiger partial charge in [0.2, 0.25) is 5.75 Å². The highest BCUT2D eigenvalue weighted by Gasteiger charge is 2.18. The molecule has 1 fully saturated rings. The molecule has 1 saturated heterocycles. The topological polar surface area (TPSA) is 66.5 Å². The number of morpholine rings is 1. The Morgan fingerprint density at radius 3 is 2.31 bits per heavy atom. The van der Waals surface area contributed by atoms with Crippen LogP contribution < -0.4 is 18.9 Å². The maximum absolute atomic E-state index is 12.3. The van der Waals surface area contributed by atoms with Gasteiger partial charge in [0.25, 0.3) is 5.91 Å². The van der Waals surface area contributed by atoms with Crippen LogP contribution in [0.2, 0.25) is 0 Å². The third-order valence-electron chi connectivity index (χ3n) is 5.55. The summed E-state index contributed by atoms with van der Waals surface area (Å²) in [5, 5.41) is 2.07. The maximum atomic E-state index is 12.3. The van der Waals surface area contributed by atoms with E-state index >= 15 is 0 Å². The predicted octanol–water partition coefficient (Wildman–Crippen LogP) is 3.77. The summed E-state index contributed by atoms with van der Waals surface area (Å²) in [6.45, 7) is 2.40. The van der Waals surface area contributed by atoms with Crippen LogP contribution in [0.15, 0.2) is 48.5 Å². The van der Waals surface area contributed by atoms with Gasteiger partial charge < -0.3 is 28.6 Å². The largest absolute Gasteiger partial charge is 0.493 e. The lowest BCUT2D eigenvalue weighted by atomic mass is 9.99. The zero-order valence-corrected chi connectivity index (χ0v) is 18.6. The first-order valence-corrected chi connectivity index (χ1v) is 10.5. The number of methoxy groups -OCH3 is 3. The number of carbonyl (C=O) groups is 1. The van der Waals surface area contributed by atoms with E-state index < -0.39 is 0 Å². The molecule has 0 radical (unpaired) electrons. The van der Waals surface area contributed by atoms with Crippen LogP contribution in [0, 0.1) is 0 Å². The molecule has 32 heavy (non-hydrogen) atoms. The molecule has 3 aromatic rings. The third kappa shape index (κ3) is 4.43. The molecular weight excluding hydrogens is 410 g/mol. The quantitative estimate of drug-likeness (QED) is 0.561. The Morgan fingerprint density at radius 1 is 0.875 bits per heavy atom. The minimum atomic E-state index is -0.0238. The summed E-state index contributed by atoms with van der Waals surface area (Å²) in [5.41, 5.74) is 1.90. The monoisotopic (exact) mass is 437 g/mol. The molecule has 1 aliphatic rings. The number of ether oxygens (including phenoxy) is 5. The highest BCUT2D eigenvalue weighted by Crippen LogP contribution is 2.44. The second-order valence-electron chi connectivity index (χ2n) is 7.39. The predicted molar refractivity (Wildman–Crippen MR) is 122 cm³/mol. The Kier molecular flexibility index (Phi) is 6.66. The number of rotatable bonds is 7. The van der Waals surface area contributed by atoms with Crippen LogP contribution in [-0.2, 0) is 9.53 Å². The molecule has 0 atom stereocenters. The van der Waals surface area contributed by atoms with Gasteiger partial charge in [-0.1, -0.05) is 18.2 Å². The fraction of sp³-hybridized carbons (Fsp3) is 0.320. The van der Waals surface area contributed by atoms with Crippen molar-refractivity contribution < 1.29 is 28.5 Å². The standard InChI is InChI=1S/C25H27NO6/c1-28-22-9-8-21(24(29-2)25(22)30-3)19-5-4-18-15-20(7-6-17(18)14-19)32-16-23(27)26-10-12-31-13-11-26/h4-9,14-15H,10-13,16H2,1-3H3. The van der Waals surface area contributed by atoms with Crippen molar-refractivity contribution in [1.29, 1.82) is 0 Å². The van der Waals surface area contributed by atoms with Crippen LogP contribution in [0.5, 0.6) is 23.0 Å². The van der Waals surface area contributed by atoms with E-state index in [0.717, 1.165) is 21.9 Å². The van der Waals surface area contributed by atoms with Gasteiger partial charge >= 0.3 is 0 Å². The Hall–Kier alpha value is -3.45. The molecular formula is C25H27NO6. The number of hydrogen-bond donors (Lipinski definition) is 0. The van der Waals surface area contributed by atoms with E-state index in [1.807, 2.05) is 42.5 Å². The van der Waals surface area contributed by atoms with Gasteiger partial charge in [0.15, 0.2) is 18.1 Å². The van der Waals surface area contributed by atoms with Crippen molar-refractivity contribution >= 4 is 16.7 Å². The zero-order chi connectivity index (χ0) is 22.5. The molecule has 0 unspecified atom stereocenters. The summed E-state index contributed by atoms with van der Waals surface area (Å²) >= 11 is 0. The average Bonchev–Trinajstić information content (AvgIpc) is 2.86. The van der Waals surface area contributed by atoms with Crippen LogP contribution in [0.1, 0.15) is 0 Å². The lowest BCUT2D eigenvalue weighted by molar-refractivity contribution is -0.137. The highest BCUT2D eigenvalue weighted by molar-refractivity contribution is 5.90. The van der Waals surface area contributed by atoms with Crippen molar-refractivity contribution in [2.75, 3.05) is 54.2 Å². The average molecular weight is 437 g/mol. The summed E-state index contributed by atoms with van der Waals surface area (Å²) in [6.07, 6.45) is 0.